The van der Waals surface area contributed by atoms with E-state index < -0.39 is 0 Å². The van der Waals surface area contributed by atoms with Gasteiger partial charge in [-0.2, -0.15) is 0 Å². The van der Waals surface area contributed by atoms with E-state index in [0.29, 0.717) is 5.56 Å². The van der Waals surface area contributed by atoms with Gasteiger partial charge in [0.2, 0.25) is 0 Å². The molecule has 0 aliphatic heterocycles. The molecule has 0 radical (unpaired) electrons. The Labute approximate surface area is 186 Å². The van der Waals surface area contributed by atoms with Crippen LogP contribution in [0.1, 0.15) is 82.3 Å². The minimum absolute atomic E-state index is 0.201. The molecule has 0 amide bonds. The topological polar surface area (TPSA) is 0 Å². The SMILES string of the molecule is CCCCCC1CCC(CCC2=CCc3cc(-c4ccc(F)cc4)c(F)cc3C2)CC1. The number of rotatable bonds is 8. The summed E-state index contributed by atoms with van der Waals surface area (Å²) in [6.07, 6.45) is 17.8. The Hall–Kier alpha value is -1.96. The molecule has 0 atom stereocenters. The largest absolute Gasteiger partial charge is 0.207 e. The maximum absolute atomic E-state index is 14.8. The predicted molar refractivity (Wildman–Crippen MR) is 126 cm³/mol. The minimum atomic E-state index is -0.292. The van der Waals surface area contributed by atoms with Gasteiger partial charge in [0.15, 0.2) is 0 Å². The molecule has 2 aliphatic carbocycles. The van der Waals surface area contributed by atoms with E-state index in [1.165, 1.54) is 81.1 Å². The molecule has 0 spiro atoms. The molecule has 0 unspecified atom stereocenters. The standard InChI is InChI=1S/C29H36F2/c1-2-3-4-5-21-6-8-22(9-7-21)10-11-23-12-13-25-19-28(29(31)20-26(25)18-23)24-14-16-27(30)17-15-24/h12,14-17,19-22H,2-11,13,18H2,1H3. The second-order valence-electron chi connectivity index (χ2n) is 9.77. The van der Waals surface area contributed by atoms with Crippen molar-refractivity contribution >= 4 is 0 Å². The zero-order chi connectivity index (χ0) is 21.6. The Balaban J connectivity index is 1.30. The fraction of sp³-hybridized carbons (Fsp3) is 0.517. The van der Waals surface area contributed by atoms with Crippen molar-refractivity contribution in [2.24, 2.45) is 11.8 Å². The highest BCUT2D eigenvalue weighted by Gasteiger charge is 2.22. The van der Waals surface area contributed by atoms with Gasteiger partial charge in [-0.15, -0.1) is 0 Å². The Morgan fingerprint density at radius 1 is 0.839 bits per heavy atom. The highest BCUT2D eigenvalue weighted by Crippen LogP contribution is 2.36. The van der Waals surface area contributed by atoms with Gasteiger partial charge in [0.25, 0.3) is 0 Å². The summed E-state index contributed by atoms with van der Waals surface area (Å²) in [5.74, 6) is 1.36. The van der Waals surface area contributed by atoms with Crippen molar-refractivity contribution in [2.45, 2.75) is 84.0 Å². The van der Waals surface area contributed by atoms with Crippen LogP contribution in [0.15, 0.2) is 48.0 Å². The number of halogens is 2. The van der Waals surface area contributed by atoms with Gasteiger partial charge in [-0.3, -0.25) is 0 Å². The third-order valence-corrected chi connectivity index (χ3v) is 7.53. The molecule has 0 bridgehead atoms. The van der Waals surface area contributed by atoms with Gasteiger partial charge in [0.05, 0.1) is 0 Å². The van der Waals surface area contributed by atoms with Crippen LogP contribution in [0, 0.1) is 23.5 Å². The fourth-order valence-corrected chi connectivity index (χ4v) is 5.51. The van der Waals surface area contributed by atoms with E-state index in [0.717, 1.165) is 42.2 Å². The lowest BCUT2D eigenvalue weighted by Crippen LogP contribution is -2.15. The highest BCUT2D eigenvalue weighted by atomic mass is 19.1. The molecule has 2 aliphatic rings. The summed E-state index contributed by atoms with van der Waals surface area (Å²) in [5, 5.41) is 0. The first kappa shape index (κ1) is 22.2. The second kappa shape index (κ2) is 10.6. The zero-order valence-corrected chi connectivity index (χ0v) is 18.9. The van der Waals surface area contributed by atoms with Crippen molar-refractivity contribution in [2.75, 3.05) is 0 Å². The quantitative estimate of drug-likeness (QED) is 0.294. The first-order valence-corrected chi connectivity index (χ1v) is 12.4. The summed E-state index contributed by atoms with van der Waals surface area (Å²) in [5.41, 5.74) is 5.12. The van der Waals surface area contributed by atoms with E-state index in [1.807, 2.05) is 6.07 Å². The van der Waals surface area contributed by atoms with Crippen molar-refractivity contribution < 1.29 is 8.78 Å². The monoisotopic (exact) mass is 422 g/mol. The molecule has 1 saturated carbocycles. The molecule has 1 fully saturated rings. The van der Waals surface area contributed by atoms with Crippen molar-refractivity contribution in [3.8, 4) is 11.1 Å². The predicted octanol–water partition coefficient (Wildman–Crippen LogP) is 8.82. The number of hydrogen-bond donors (Lipinski definition) is 0. The number of benzene rings is 2. The van der Waals surface area contributed by atoms with E-state index in [4.69, 9.17) is 0 Å². The van der Waals surface area contributed by atoms with Crippen molar-refractivity contribution in [3.05, 3.63) is 70.8 Å². The van der Waals surface area contributed by atoms with E-state index in [9.17, 15) is 8.78 Å². The lowest BCUT2D eigenvalue weighted by atomic mass is 9.77. The smallest absolute Gasteiger partial charge is 0.131 e. The van der Waals surface area contributed by atoms with Crippen molar-refractivity contribution in [1.82, 2.24) is 0 Å². The van der Waals surface area contributed by atoms with Gasteiger partial charge in [0, 0.05) is 5.56 Å². The van der Waals surface area contributed by atoms with E-state index in [2.05, 4.69) is 13.0 Å². The van der Waals surface area contributed by atoms with Crippen LogP contribution < -0.4 is 0 Å². The Kier molecular flexibility index (Phi) is 7.58. The average Bonchev–Trinajstić information content (AvgIpc) is 2.79. The maximum Gasteiger partial charge on any atom is 0.131 e. The molecule has 2 heteroatoms. The third kappa shape index (κ3) is 5.84. The molecule has 31 heavy (non-hydrogen) atoms. The molecule has 0 N–H and O–H groups in total. The summed E-state index contributed by atoms with van der Waals surface area (Å²) < 4.78 is 28.0. The molecule has 0 saturated heterocycles. The van der Waals surface area contributed by atoms with Crippen molar-refractivity contribution in [1.29, 1.82) is 0 Å². The molecule has 4 rings (SSSR count). The summed E-state index contributed by atoms with van der Waals surface area (Å²) in [4.78, 5) is 0. The third-order valence-electron chi connectivity index (χ3n) is 7.53. The van der Waals surface area contributed by atoms with Gasteiger partial charge in [-0.1, -0.05) is 82.1 Å². The van der Waals surface area contributed by atoms with Crippen LogP contribution in [0.3, 0.4) is 0 Å². The Morgan fingerprint density at radius 3 is 2.26 bits per heavy atom. The van der Waals surface area contributed by atoms with Crippen LogP contribution in [-0.2, 0) is 12.8 Å². The van der Waals surface area contributed by atoms with Crippen LogP contribution in [0.5, 0.6) is 0 Å². The van der Waals surface area contributed by atoms with Crippen molar-refractivity contribution in [3.63, 3.8) is 0 Å². The van der Waals surface area contributed by atoms with Crippen LogP contribution in [0.25, 0.3) is 11.1 Å². The van der Waals surface area contributed by atoms with Crippen LogP contribution in [0.2, 0.25) is 0 Å². The van der Waals surface area contributed by atoms with Gasteiger partial charge in [-0.25, -0.2) is 8.78 Å². The molecule has 0 heterocycles. The van der Waals surface area contributed by atoms with Gasteiger partial charge >= 0.3 is 0 Å². The van der Waals surface area contributed by atoms with Gasteiger partial charge < -0.3 is 0 Å². The second-order valence-corrected chi connectivity index (χ2v) is 9.77. The Bertz CT molecular complexity index is 886. The number of unbranched alkanes of at least 4 members (excludes halogenated alkanes) is 2. The lowest BCUT2D eigenvalue weighted by molar-refractivity contribution is 0.249. The van der Waals surface area contributed by atoms with Gasteiger partial charge in [-0.05, 0) is 78.5 Å². The average molecular weight is 423 g/mol. The van der Waals surface area contributed by atoms with Crippen LogP contribution >= 0.6 is 0 Å². The molecule has 0 nitrogen and oxygen atoms in total. The van der Waals surface area contributed by atoms with E-state index in [-0.39, 0.29) is 11.6 Å². The highest BCUT2D eigenvalue weighted by molar-refractivity contribution is 5.66. The molecular weight excluding hydrogens is 386 g/mol. The molecular formula is C29H36F2. The molecule has 166 valence electrons. The van der Waals surface area contributed by atoms with Crippen LogP contribution in [0.4, 0.5) is 8.78 Å². The summed E-state index contributed by atoms with van der Waals surface area (Å²) >= 11 is 0. The molecule has 2 aromatic carbocycles. The number of hydrogen-bond acceptors (Lipinski definition) is 0. The first-order chi connectivity index (χ1) is 15.1. The van der Waals surface area contributed by atoms with E-state index >= 15 is 0 Å². The Morgan fingerprint density at radius 2 is 1.55 bits per heavy atom. The summed E-state index contributed by atoms with van der Waals surface area (Å²) in [6, 6.07) is 9.77. The fourth-order valence-electron chi connectivity index (χ4n) is 5.51. The lowest BCUT2D eigenvalue weighted by Gasteiger charge is -2.29. The van der Waals surface area contributed by atoms with E-state index in [1.54, 1.807) is 18.2 Å². The summed E-state index contributed by atoms with van der Waals surface area (Å²) in [7, 11) is 0. The minimum Gasteiger partial charge on any atom is -0.207 e. The molecule has 0 aromatic heterocycles. The number of allylic oxidation sites excluding steroid dienone is 2. The number of fused-ring (bicyclic) bond motifs is 1. The normalized spacial score (nSPS) is 20.9. The summed E-state index contributed by atoms with van der Waals surface area (Å²) in [6.45, 7) is 2.29. The zero-order valence-electron chi connectivity index (χ0n) is 18.9. The van der Waals surface area contributed by atoms with Gasteiger partial charge in [0.1, 0.15) is 11.6 Å². The first-order valence-electron chi connectivity index (χ1n) is 12.4. The maximum atomic E-state index is 14.8. The van der Waals surface area contributed by atoms with Crippen LogP contribution in [-0.4, -0.2) is 0 Å². The molecule has 2 aromatic rings.